The summed E-state index contributed by atoms with van der Waals surface area (Å²) in [6.45, 7) is 20.9. The number of aromatic nitrogens is 1. The minimum atomic E-state index is -0.337. The van der Waals surface area contributed by atoms with E-state index in [-0.39, 0.29) is 47.9 Å². The molecule has 0 saturated carbocycles. The van der Waals surface area contributed by atoms with Crippen LogP contribution in [0.15, 0.2) is 81.7 Å². The number of carbonyl (C=O) groups is 1. The van der Waals surface area contributed by atoms with E-state index in [9.17, 15) is 9.90 Å². The molecule has 0 saturated heterocycles. The molecule has 6 aromatic rings. The van der Waals surface area contributed by atoms with Crippen LogP contribution in [0.2, 0.25) is 0 Å². The summed E-state index contributed by atoms with van der Waals surface area (Å²) in [5.41, 5.74) is 6.05. The van der Waals surface area contributed by atoms with Gasteiger partial charge >= 0.3 is 0 Å². The summed E-state index contributed by atoms with van der Waals surface area (Å²) in [4.78, 5) is 16.9. The molecule has 3 aromatic carbocycles. The van der Waals surface area contributed by atoms with Gasteiger partial charge in [0.1, 0.15) is 22.5 Å². The number of nitrogens with zero attached hydrogens (tertiary/aromatic N) is 1. The second kappa shape index (κ2) is 14.6. The van der Waals surface area contributed by atoms with Gasteiger partial charge in [-0.05, 0) is 61.8 Å². The quantitative estimate of drug-likeness (QED) is 0.0939. The Morgan fingerprint density at radius 1 is 0.857 bits per heavy atom. The van der Waals surface area contributed by atoms with Crippen LogP contribution < -0.4 is 0 Å². The van der Waals surface area contributed by atoms with Crippen LogP contribution in [0.4, 0.5) is 0 Å². The Morgan fingerprint density at radius 3 is 2.12 bits per heavy atom. The Kier molecular flexibility index (Phi) is 11.4. The molecule has 1 radical (unpaired) electrons. The zero-order chi connectivity index (χ0) is 35.0. The largest absolute Gasteiger partial charge is 0.512 e. The van der Waals surface area contributed by atoms with Crippen LogP contribution in [0, 0.1) is 23.8 Å². The molecular weight excluding hydrogens is 787 g/mol. The molecule has 261 valence electrons. The summed E-state index contributed by atoms with van der Waals surface area (Å²) in [6, 6.07) is 20.2. The number of benzene rings is 3. The average Bonchev–Trinajstić information content (AvgIpc) is 3.66. The minimum absolute atomic E-state index is 0. The molecule has 3 heterocycles. The van der Waals surface area contributed by atoms with Crippen LogP contribution in [-0.2, 0) is 30.3 Å². The number of aliphatic hydroxyl groups is 1. The molecule has 0 fully saturated rings. The van der Waals surface area contributed by atoms with Gasteiger partial charge in [-0.3, -0.25) is 9.78 Å². The van der Waals surface area contributed by atoms with Crippen LogP contribution in [0.3, 0.4) is 0 Å². The smallest absolute Gasteiger partial charge is 0.164 e. The molecule has 0 bridgehead atoms. The maximum absolute atomic E-state index is 12.2. The van der Waals surface area contributed by atoms with Gasteiger partial charge in [-0.25, -0.2) is 0 Å². The van der Waals surface area contributed by atoms with Gasteiger partial charge < -0.3 is 13.9 Å². The number of carbonyl (C=O) groups excluding carboxylic acids is 1. The first kappa shape index (κ1) is 38.1. The van der Waals surface area contributed by atoms with Crippen LogP contribution in [0.5, 0.6) is 0 Å². The van der Waals surface area contributed by atoms with Crippen molar-refractivity contribution in [1.82, 2.24) is 4.98 Å². The molecule has 0 amide bonds. The first-order valence-corrected chi connectivity index (χ1v) is 17.3. The predicted octanol–water partition coefficient (Wildman–Crippen LogP) is 12.6. The second-order valence-electron chi connectivity index (χ2n) is 14.7. The van der Waals surface area contributed by atoms with Crippen molar-refractivity contribution in [3.8, 4) is 11.3 Å². The van der Waals surface area contributed by atoms with Gasteiger partial charge in [0.05, 0.1) is 6.26 Å². The fraction of sp³-hybridized carbons (Fsp3) is 0.395. The van der Waals surface area contributed by atoms with Crippen molar-refractivity contribution in [2.45, 2.75) is 100 Å². The number of hydrogen-bond acceptors (Lipinski definition) is 5. The van der Waals surface area contributed by atoms with Crippen LogP contribution in [-0.4, -0.2) is 15.9 Å². The van der Waals surface area contributed by atoms with Crippen LogP contribution in [0.1, 0.15) is 99.1 Å². The van der Waals surface area contributed by atoms with Gasteiger partial charge in [-0.1, -0.05) is 91.5 Å². The van der Waals surface area contributed by atoms with E-state index in [1.54, 1.807) is 6.26 Å². The van der Waals surface area contributed by atoms with Crippen molar-refractivity contribution in [3.63, 3.8) is 0 Å². The standard InChI is InChI=1S/C28H22NO2.C15H28O2.Ir/c1-16-15-30-22-9-10-23-25(24(16)22)20-11-12-29-26(27(20)31-23)18-13-17-7-5-6-8-19(17)21(14-18)28(2,3)4;1-7-14(5,8-2)12(16)11-13(17)15(6,9-3)10-4;/h5-12,14-15H,1-4H3;11,16H,7-10H2,1-6H3;/q-1;;/b;12-11-;. The first-order valence-electron chi connectivity index (χ1n) is 17.3. The van der Waals surface area contributed by atoms with E-state index >= 15 is 0 Å². The number of aliphatic hydroxyl groups excluding tert-OH is 1. The topological polar surface area (TPSA) is 76.5 Å². The van der Waals surface area contributed by atoms with Crippen LogP contribution >= 0.6 is 0 Å². The van der Waals surface area contributed by atoms with Crippen LogP contribution in [0.25, 0.3) is 54.9 Å². The van der Waals surface area contributed by atoms with Crippen molar-refractivity contribution < 1.29 is 38.8 Å². The van der Waals surface area contributed by atoms with Gasteiger partial charge in [-0.15, -0.1) is 29.1 Å². The summed E-state index contributed by atoms with van der Waals surface area (Å²) in [7, 11) is 0. The molecule has 0 unspecified atom stereocenters. The van der Waals surface area contributed by atoms with Gasteiger partial charge in [-0.2, -0.15) is 0 Å². The Labute approximate surface area is 304 Å². The fourth-order valence-corrected chi connectivity index (χ4v) is 6.33. The SMILES string of the molecule is CCC(C)(CC)C(=O)/C=C(\O)C(C)(CC)CC.Cc1coc2ccc3oc4c(-c5[c-]c6ccccc6c(C(C)(C)C)c5)nccc4c3c12.[Ir]. The van der Waals surface area contributed by atoms with Gasteiger partial charge in [0, 0.05) is 65.1 Å². The number of rotatable bonds is 8. The molecule has 6 rings (SSSR count). The number of fused-ring (bicyclic) bond motifs is 6. The van der Waals surface area contributed by atoms with Crippen molar-refractivity contribution in [2.75, 3.05) is 0 Å². The van der Waals surface area contributed by atoms with E-state index in [1.165, 1.54) is 17.0 Å². The van der Waals surface area contributed by atoms with E-state index in [1.807, 2.05) is 65.9 Å². The summed E-state index contributed by atoms with van der Waals surface area (Å²) in [5.74, 6) is 0.286. The average molecular weight is 837 g/mol. The number of ketones is 1. The molecule has 5 nitrogen and oxygen atoms in total. The number of furan rings is 2. The van der Waals surface area contributed by atoms with Crippen molar-refractivity contribution in [2.24, 2.45) is 10.8 Å². The first-order chi connectivity index (χ1) is 22.7. The Morgan fingerprint density at radius 2 is 1.49 bits per heavy atom. The third kappa shape index (κ3) is 7.14. The minimum Gasteiger partial charge on any atom is -0.512 e. The molecule has 0 aliphatic rings. The molecule has 0 spiro atoms. The van der Waals surface area contributed by atoms with Gasteiger partial charge in [0.15, 0.2) is 5.78 Å². The maximum Gasteiger partial charge on any atom is 0.164 e. The molecule has 6 heteroatoms. The fourth-order valence-electron chi connectivity index (χ4n) is 6.33. The van der Waals surface area contributed by atoms with E-state index in [0.29, 0.717) is 0 Å². The monoisotopic (exact) mass is 837 g/mol. The Balaban J connectivity index is 0.000000260. The van der Waals surface area contributed by atoms with Crippen molar-refractivity contribution in [3.05, 3.63) is 90.0 Å². The Hall–Kier alpha value is -3.73. The van der Waals surface area contributed by atoms with E-state index in [2.05, 4.69) is 64.1 Å². The molecule has 0 aliphatic heterocycles. The van der Waals surface area contributed by atoms with Crippen molar-refractivity contribution >= 4 is 49.5 Å². The molecule has 0 aliphatic carbocycles. The van der Waals surface area contributed by atoms with E-state index < -0.39 is 0 Å². The molecule has 0 atom stereocenters. The van der Waals surface area contributed by atoms with Gasteiger partial charge in [0.2, 0.25) is 0 Å². The molecule has 49 heavy (non-hydrogen) atoms. The molecule has 3 aromatic heterocycles. The maximum atomic E-state index is 12.2. The molecule has 1 N–H and O–H groups in total. The second-order valence-corrected chi connectivity index (χ2v) is 14.7. The number of allylic oxidation sites excluding steroid dienone is 2. The third-order valence-corrected chi connectivity index (χ3v) is 10.7. The zero-order valence-corrected chi connectivity index (χ0v) is 33.0. The summed E-state index contributed by atoms with van der Waals surface area (Å²) in [6.07, 6.45) is 8.42. The number of hydrogen-bond donors (Lipinski definition) is 1. The van der Waals surface area contributed by atoms with E-state index in [4.69, 9.17) is 13.8 Å². The van der Waals surface area contributed by atoms with Crippen molar-refractivity contribution in [1.29, 1.82) is 0 Å². The summed E-state index contributed by atoms with van der Waals surface area (Å²) < 4.78 is 12.1. The zero-order valence-electron chi connectivity index (χ0n) is 30.6. The third-order valence-electron chi connectivity index (χ3n) is 10.7. The predicted molar refractivity (Wildman–Crippen MR) is 200 cm³/mol. The number of pyridine rings is 1. The number of aryl methyl sites for hydroxylation is 1. The van der Waals surface area contributed by atoms with Gasteiger partial charge in [0.25, 0.3) is 0 Å². The molecular formula is C43H50IrNO4-. The summed E-state index contributed by atoms with van der Waals surface area (Å²) >= 11 is 0. The summed E-state index contributed by atoms with van der Waals surface area (Å²) in [5, 5.41) is 15.7. The normalized spacial score (nSPS) is 12.7. The van der Waals surface area contributed by atoms with E-state index in [0.717, 1.165) is 80.8 Å². The Bertz CT molecular complexity index is 2130.